The van der Waals surface area contributed by atoms with Crippen LogP contribution in [0.25, 0.3) is 11.0 Å². The molecule has 2 aliphatic carbocycles. The van der Waals surface area contributed by atoms with Crippen LogP contribution in [0.2, 0.25) is 0 Å². The Kier molecular flexibility index (Phi) is 4.08. The summed E-state index contributed by atoms with van der Waals surface area (Å²) >= 11 is 0. The summed E-state index contributed by atoms with van der Waals surface area (Å²) in [5.41, 5.74) is 7.37. The summed E-state index contributed by atoms with van der Waals surface area (Å²) in [4.78, 5) is 0. The van der Waals surface area contributed by atoms with Gasteiger partial charge in [-0.05, 0) is 48.5 Å². The molecule has 6 N–H and O–H groups in total. The molecule has 6 nitrogen and oxygen atoms in total. The van der Waals surface area contributed by atoms with Crippen molar-refractivity contribution >= 4 is 23.6 Å². The van der Waals surface area contributed by atoms with Crippen LogP contribution >= 0.6 is 0 Å². The standard InChI is InChI=1S/C20H28BNO5/c1-19(2)7-4-8-20(3)13(19)6-5-11(22)18-14(20)10-9-12(23)16(24)15(21(25)26)17(10)27-18/h9,11,13,23-26H,4-8,22H2,1-3H3. The van der Waals surface area contributed by atoms with Crippen LogP contribution in [0.1, 0.15) is 70.2 Å². The molecule has 0 spiro atoms. The van der Waals surface area contributed by atoms with Gasteiger partial charge in [-0.15, -0.1) is 0 Å². The van der Waals surface area contributed by atoms with Crippen molar-refractivity contribution < 1.29 is 24.7 Å². The molecule has 1 saturated carbocycles. The molecule has 27 heavy (non-hydrogen) atoms. The van der Waals surface area contributed by atoms with Crippen molar-refractivity contribution in [2.75, 3.05) is 0 Å². The minimum absolute atomic E-state index is 0.149. The van der Waals surface area contributed by atoms with Crippen molar-refractivity contribution in [1.29, 1.82) is 0 Å². The normalized spacial score (nSPS) is 29.9. The summed E-state index contributed by atoms with van der Waals surface area (Å²) in [6.45, 7) is 6.85. The number of phenolic OH excluding ortho intramolecular Hbond substituents is 2. The Morgan fingerprint density at radius 1 is 1.15 bits per heavy atom. The van der Waals surface area contributed by atoms with Crippen molar-refractivity contribution in [2.24, 2.45) is 17.1 Å². The van der Waals surface area contributed by atoms with Gasteiger partial charge in [0.2, 0.25) is 0 Å². The van der Waals surface area contributed by atoms with Gasteiger partial charge in [-0.1, -0.05) is 27.2 Å². The summed E-state index contributed by atoms with van der Waals surface area (Å²) in [5, 5.41) is 40.6. The lowest BCUT2D eigenvalue weighted by atomic mass is 9.53. The third-order valence-corrected chi connectivity index (χ3v) is 7.16. The molecular weight excluding hydrogens is 345 g/mol. The van der Waals surface area contributed by atoms with E-state index in [4.69, 9.17) is 10.2 Å². The topological polar surface area (TPSA) is 120 Å². The van der Waals surface area contributed by atoms with E-state index in [1.807, 2.05) is 0 Å². The fraction of sp³-hybridized carbons (Fsp3) is 0.600. The number of benzene rings is 1. The Balaban J connectivity index is 2.08. The van der Waals surface area contributed by atoms with E-state index in [0.29, 0.717) is 17.1 Å². The van der Waals surface area contributed by atoms with Crippen molar-refractivity contribution in [3.8, 4) is 11.5 Å². The van der Waals surface area contributed by atoms with Gasteiger partial charge in [-0.25, -0.2) is 0 Å². The highest BCUT2D eigenvalue weighted by Gasteiger charge is 2.51. The predicted octanol–water partition coefficient (Wildman–Crippen LogP) is 2.40. The second-order valence-corrected chi connectivity index (χ2v) is 9.25. The molecule has 1 fully saturated rings. The molecule has 4 rings (SSSR count). The summed E-state index contributed by atoms with van der Waals surface area (Å²) in [7, 11) is -1.96. The lowest BCUT2D eigenvalue weighted by molar-refractivity contribution is 0.0503. The maximum atomic E-state index is 10.2. The average molecular weight is 373 g/mol. The first-order valence-corrected chi connectivity index (χ1v) is 9.71. The fourth-order valence-electron chi connectivity index (χ4n) is 5.95. The molecule has 0 bridgehead atoms. The van der Waals surface area contributed by atoms with Crippen molar-refractivity contribution in [3.05, 3.63) is 17.4 Å². The van der Waals surface area contributed by atoms with Crippen molar-refractivity contribution in [3.63, 3.8) is 0 Å². The minimum Gasteiger partial charge on any atom is -0.504 e. The number of hydrogen-bond acceptors (Lipinski definition) is 6. The Bertz CT molecular complexity index is 906. The third kappa shape index (κ3) is 2.52. The smallest absolute Gasteiger partial charge is 0.496 e. The zero-order chi connectivity index (χ0) is 19.7. The maximum Gasteiger partial charge on any atom is 0.496 e. The summed E-state index contributed by atoms with van der Waals surface area (Å²) in [6.07, 6.45) is 5.00. The number of fused-ring (bicyclic) bond motifs is 5. The number of aromatic hydroxyl groups is 2. The second kappa shape index (κ2) is 5.90. The zero-order valence-corrected chi connectivity index (χ0v) is 16.1. The molecule has 7 heteroatoms. The van der Waals surface area contributed by atoms with Crippen LogP contribution < -0.4 is 11.2 Å². The zero-order valence-electron chi connectivity index (χ0n) is 16.1. The van der Waals surface area contributed by atoms with E-state index in [1.165, 1.54) is 6.07 Å². The molecule has 1 aromatic carbocycles. The number of phenols is 2. The SMILES string of the molecule is CC1(C)CCCC2(C)c3c(oc4c(B(O)O)c(O)c(O)cc34)C(N)CCC12. The largest absolute Gasteiger partial charge is 0.504 e. The van der Waals surface area contributed by atoms with Gasteiger partial charge in [-0.2, -0.15) is 0 Å². The van der Waals surface area contributed by atoms with Crippen LogP contribution in [0, 0.1) is 11.3 Å². The van der Waals surface area contributed by atoms with E-state index < -0.39 is 12.9 Å². The number of nitrogens with two attached hydrogens (primary N) is 1. The highest BCUT2D eigenvalue weighted by molar-refractivity contribution is 6.63. The molecular formula is C20H28BNO5. The molecule has 1 aromatic heterocycles. The molecule has 3 atom stereocenters. The number of rotatable bonds is 1. The lowest BCUT2D eigenvalue weighted by Crippen LogP contribution is -2.44. The van der Waals surface area contributed by atoms with E-state index >= 15 is 0 Å². The first kappa shape index (κ1) is 18.7. The Hall–Kier alpha value is -1.70. The van der Waals surface area contributed by atoms with Crippen molar-refractivity contribution in [1.82, 2.24) is 0 Å². The monoisotopic (exact) mass is 373 g/mol. The Morgan fingerprint density at radius 2 is 1.85 bits per heavy atom. The van der Waals surface area contributed by atoms with E-state index in [2.05, 4.69) is 20.8 Å². The highest BCUT2D eigenvalue weighted by atomic mass is 16.4. The first-order chi connectivity index (χ1) is 12.6. The van der Waals surface area contributed by atoms with Gasteiger partial charge in [0, 0.05) is 10.9 Å². The molecule has 0 saturated heterocycles. The predicted molar refractivity (Wildman–Crippen MR) is 104 cm³/mol. The summed E-state index contributed by atoms with van der Waals surface area (Å²) in [5.74, 6) is 0.0767. The van der Waals surface area contributed by atoms with E-state index in [0.717, 1.165) is 37.7 Å². The average Bonchev–Trinajstić information content (AvgIpc) is 2.88. The maximum absolute atomic E-state index is 10.2. The fourth-order valence-corrected chi connectivity index (χ4v) is 5.95. The van der Waals surface area contributed by atoms with Gasteiger partial charge in [0.1, 0.15) is 11.3 Å². The molecule has 146 valence electrons. The molecule has 2 aliphatic rings. The van der Waals surface area contributed by atoms with Crippen LogP contribution in [0.4, 0.5) is 0 Å². The molecule has 2 aromatic rings. The van der Waals surface area contributed by atoms with Gasteiger partial charge < -0.3 is 30.4 Å². The third-order valence-electron chi connectivity index (χ3n) is 7.16. The Labute approximate surface area is 159 Å². The summed E-state index contributed by atoms with van der Waals surface area (Å²) < 4.78 is 6.08. The molecule has 3 unspecified atom stereocenters. The Morgan fingerprint density at radius 3 is 2.52 bits per heavy atom. The van der Waals surface area contributed by atoms with Crippen LogP contribution in [-0.2, 0) is 5.41 Å². The number of hydrogen-bond donors (Lipinski definition) is 5. The van der Waals surface area contributed by atoms with Crippen LogP contribution in [0.15, 0.2) is 10.5 Å². The minimum atomic E-state index is -1.96. The quantitative estimate of drug-likeness (QED) is 0.387. The van der Waals surface area contributed by atoms with E-state index in [1.54, 1.807) is 0 Å². The highest BCUT2D eigenvalue weighted by Crippen LogP contribution is 2.59. The van der Waals surface area contributed by atoms with E-state index in [-0.39, 0.29) is 33.7 Å². The van der Waals surface area contributed by atoms with Gasteiger partial charge in [0.25, 0.3) is 0 Å². The number of furan rings is 1. The summed E-state index contributed by atoms with van der Waals surface area (Å²) in [6, 6.07) is 1.17. The molecule has 0 amide bonds. The van der Waals surface area contributed by atoms with Crippen LogP contribution in [0.5, 0.6) is 11.5 Å². The second-order valence-electron chi connectivity index (χ2n) is 9.25. The van der Waals surface area contributed by atoms with E-state index in [9.17, 15) is 20.3 Å². The lowest BCUT2D eigenvalue weighted by Gasteiger charge is -2.50. The van der Waals surface area contributed by atoms with Gasteiger partial charge in [0.15, 0.2) is 11.5 Å². The molecule has 0 aliphatic heterocycles. The van der Waals surface area contributed by atoms with Gasteiger partial charge in [-0.3, -0.25) is 0 Å². The van der Waals surface area contributed by atoms with Crippen molar-refractivity contribution in [2.45, 2.75) is 64.3 Å². The first-order valence-electron chi connectivity index (χ1n) is 9.71. The molecule has 1 heterocycles. The van der Waals surface area contributed by atoms with Crippen LogP contribution in [0.3, 0.4) is 0 Å². The van der Waals surface area contributed by atoms with Gasteiger partial charge >= 0.3 is 7.12 Å². The molecule has 0 radical (unpaired) electrons. The van der Waals surface area contributed by atoms with Crippen LogP contribution in [-0.4, -0.2) is 27.4 Å². The van der Waals surface area contributed by atoms with Gasteiger partial charge in [0.05, 0.1) is 11.5 Å².